The Hall–Kier alpha value is -0.770. The summed E-state index contributed by atoms with van der Waals surface area (Å²) in [6, 6.07) is 0.394. The van der Waals surface area contributed by atoms with E-state index in [0.717, 1.165) is 18.8 Å². The van der Waals surface area contributed by atoms with Crippen LogP contribution in [0.1, 0.15) is 32.6 Å². The second-order valence-corrected chi connectivity index (χ2v) is 4.82. The molecule has 1 aliphatic rings. The fraction of sp³-hybridized carbons (Fsp3) is 0.917. The van der Waals surface area contributed by atoms with Crippen LogP contribution in [0.5, 0.6) is 0 Å². The first kappa shape index (κ1) is 13.3. The van der Waals surface area contributed by atoms with E-state index in [2.05, 4.69) is 12.2 Å². The second kappa shape index (κ2) is 6.74. The van der Waals surface area contributed by atoms with Gasteiger partial charge in [-0.25, -0.2) is 4.79 Å². The Balaban J connectivity index is 2.22. The standard InChI is InChI=1S/C12H24N2O2/c1-10-4-6-11(7-5-10)13-12(15)14(2)8-9-16-3/h10-11H,4-9H2,1-3H3,(H,13,15). The maximum Gasteiger partial charge on any atom is 0.317 e. The highest BCUT2D eigenvalue weighted by atomic mass is 16.5. The molecule has 0 saturated heterocycles. The van der Waals surface area contributed by atoms with Gasteiger partial charge in [0.2, 0.25) is 0 Å². The van der Waals surface area contributed by atoms with Gasteiger partial charge >= 0.3 is 6.03 Å². The van der Waals surface area contributed by atoms with E-state index in [9.17, 15) is 4.79 Å². The molecule has 4 nitrogen and oxygen atoms in total. The molecule has 1 aliphatic carbocycles. The van der Waals surface area contributed by atoms with Crippen LogP contribution >= 0.6 is 0 Å². The van der Waals surface area contributed by atoms with Gasteiger partial charge in [0.1, 0.15) is 0 Å². The molecule has 0 aromatic heterocycles. The van der Waals surface area contributed by atoms with Crippen molar-refractivity contribution in [2.45, 2.75) is 38.6 Å². The molecule has 0 heterocycles. The molecule has 0 unspecified atom stereocenters. The molecule has 0 aromatic carbocycles. The third-order valence-corrected chi connectivity index (χ3v) is 3.32. The van der Waals surface area contributed by atoms with Gasteiger partial charge < -0.3 is 15.0 Å². The summed E-state index contributed by atoms with van der Waals surface area (Å²) >= 11 is 0. The van der Waals surface area contributed by atoms with Crippen molar-refractivity contribution >= 4 is 6.03 Å². The third-order valence-electron chi connectivity index (χ3n) is 3.32. The average Bonchev–Trinajstić information content (AvgIpc) is 2.29. The lowest BCUT2D eigenvalue weighted by atomic mass is 9.87. The minimum Gasteiger partial charge on any atom is -0.383 e. The van der Waals surface area contributed by atoms with E-state index in [4.69, 9.17) is 4.74 Å². The maximum absolute atomic E-state index is 11.8. The molecule has 1 N–H and O–H groups in total. The lowest BCUT2D eigenvalue weighted by Gasteiger charge is -2.28. The van der Waals surface area contributed by atoms with Gasteiger partial charge in [-0.05, 0) is 31.6 Å². The predicted molar refractivity (Wildman–Crippen MR) is 64.5 cm³/mol. The molecule has 1 rings (SSSR count). The molecule has 0 aromatic rings. The fourth-order valence-corrected chi connectivity index (χ4v) is 2.02. The Morgan fingerprint density at radius 1 is 1.38 bits per heavy atom. The van der Waals surface area contributed by atoms with Crippen LogP contribution in [0.15, 0.2) is 0 Å². The molecule has 4 heteroatoms. The first-order valence-corrected chi connectivity index (χ1v) is 6.14. The van der Waals surface area contributed by atoms with Crippen LogP contribution in [0.2, 0.25) is 0 Å². The molecule has 1 saturated carbocycles. The number of rotatable bonds is 4. The van der Waals surface area contributed by atoms with E-state index < -0.39 is 0 Å². The zero-order chi connectivity index (χ0) is 12.0. The zero-order valence-corrected chi connectivity index (χ0v) is 10.7. The highest BCUT2D eigenvalue weighted by molar-refractivity contribution is 5.74. The van der Waals surface area contributed by atoms with Crippen molar-refractivity contribution in [1.82, 2.24) is 10.2 Å². The summed E-state index contributed by atoms with van der Waals surface area (Å²) in [5.41, 5.74) is 0. The van der Waals surface area contributed by atoms with Gasteiger partial charge in [0.15, 0.2) is 0 Å². The molecule has 94 valence electrons. The lowest BCUT2D eigenvalue weighted by Crippen LogP contribution is -2.45. The molecule has 16 heavy (non-hydrogen) atoms. The van der Waals surface area contributed by atoms with Gasteiger partial charge in [0, 0.05) is 26.7 Å². The minimum atomic E-state index is 0.0246. The number of methoxy groups -OCH3 is 1. The van der Waals surface area contributed by atoms with Crippen molar-refractivity contribution < 1.29 is 9.53 Å². The summed E-state index contributed by atoms with van der Waals surface area (Å²) in [5, 5.41) is 3.08. The highest BCUT2D eigenvalue weighted by Crippen LogP contribution is 2.23. The van der Waals surface area contributed by atoms with Crippen LogP contribution in [-0.4, -0.2) is 44.3 Å². The Labute approximate surface area is 98.3 Å². The summed E-state index contributed by atoms with van der Waals surface area (Å²) < 4.78 is 4.95. The minimum absolute atomic E-state index is 0.0246. The normalized spacial score (nSPS) is 25.2. The predicted octanol–water partition coefficient (Wildman–Crippen LogP) is 1.85. The van der Waals surface area contributed by atoms with Gasteiger partial charge in [-0.2, -0.15) is 0 Å². The molecule has 0 aliphatic heterocycles. The van der Waals surface area contributed by atoms with Crippen LogP contribution in [0, 0.1) is 5.92 Å². The maximum atomic E-state index is 11.8. The van der Waals surface area contributed by atoms with E-state index in [1.807, 2.05) is 0 Å². The van der Waals surface area contributed by atoms with Crippen molar-refractivity contribution in [2.24, 2.45) is 5.92 Å². The Morgan fingerprint density at radius 3 is 2.56 bits per heavy atom. The molecule has 2 amide bonds. The van der Waals surface area contributed by atoms with E-state index >= 15 is 0 Å². The number of likely N-dealkylation sites (N-methyl/N-ethyl adjacent to an activating group) is 1. The van der Waals surface area contributed by atoms with Crippen molar-refractivity contribution in [1.29, 1.82) is 0 Å². The molecule has 0 atom stereocenters. The summed E-state index contributed by atoms with van der Waals surface area (Å²) in [6.45, 7) is 3.51. The average molecular weight is 228 g/mol. The van der Waals surface area contributed by atoms with Gasteiger partial charge in [-0.3, -0.25) is 0 Å². The molecule has 0 spiro atoms. The van der Waals surface area contributed by atoms with E-state index in [0.29, 0.717) is 19.2 Å². The number of nitrogens with one attached hydrogen (secondary N) is 1. The van der Waals surface area contributed by atoms with Gasteiger partial charge in [0.25, 0.3) is 0 Å². The fourth-order valence-electron chi connectivity index (χ4n) is 2.02. The number of carbonyl (C=O) groups is 1. The number of amides is 2. The van der Waals surface area contributed by atoms with E-state index in [1.165, 1.54) is 12.8 Å². The van der Waals surface area contributed by atoms with Crippen LogP contribution in [0.4, 0.5) is 4.79 Å². The topological polar surface area (TPSA) is 41.6 Å². The van der Waals surface area contributed by atoms with Crippen LogP contribution in [0.25, 0.3) is 0 Å². The van der Waals surface area contributed by atoms with Gasteiger partial charge in [-0.1, -0.05) is 6.92 Å². The number of hydrogen-bond donors (Lipinski definition) is 1. The van der Waals surface area contributed by atoms with Crippen LogP contribution in [-0.2, 0) is 4.74 Å². The van der Waals surface area contributed by atoms with Crippen molar-refractivity contribution in [3.63, 3.8) is 0 Å². The van der Waals surface area contributed by atoms with E-state index in [-0.39, 0.29) is 6.03 Å². The summed E-state index contributed by atoms with van der Waals surface area (Å²) in [5.74, 6) is 0.819. The number of hydrogen-bond acceptors (Lipinski definition) is 2. The molecule has 0 radical (unpaired) electrons. The van der Waals surface area contributed by atoms with Gasteiger partial charge in [0.05, 0.1) is 6.61 Å². The van der Waals surface area contributed by atoms with E-state index in [1.54, 1.807) is 19.1 Å². The first-order chi connectivity index (χ1) is 7.63. The zero-order valence-electron chi connectivity index (χ0n) is 10.7. The summed E-state index contributed by atoms with van der Waals surface area (Å²) in [4.78, 5) is 13.4. The van der Waals surface area contributed by atoms with Crippen molar-refractivity contribution in [3.05, 3.63) is 0 Å². The molecular weight excluding hydrogens is 204 g/mol. The lowest BCUT2D eigenvalue weighted by molar-refractivity contribution is 0.156. The Bertz CT molecular complexity index is 213. The summed E-state index contributed by atoms with van der Waals surface area (Å²) in [7, 11) is 3.45. The largest absolute Gasteiger partial charge is 0.383 e. The van der Waals surface area contributed by atoms with Crippen LogP contribution in [0.3, 0.4) is 0 Å². The Morgan fingerprint density at radius 2 is 2.00 bits per heavy atom. The smallest absolute Gasteiger partial charge is 0.317 e. The van der Waals surface area contributed by atoms with Gasteiger partial charge in [-0.15, -0.1) is 0 Å². The third kappa shape index (κ3) is 4.39. The van der Waals surface area contributed by atoms with Crippen molar-refractivity contribution in [2.75, 3.05) is 27.3 Å². The SMILES string of the molecule is COCCN(C)C(=O)NC1CCC(C)CC1. The number of nitrogens with zero attached hydrogens (tertiary/aromatic N) is 1. The number of ether oxygens (including phenoxy) is 1. The second-order valence-electron chi connectivity index (χ2n) is 4.82. The number of urea groups is 1. The quantitative estimate of drug-likeness (QED) is 0.798. The van der Waals surface area contributed by atoms with Crippen molar-refractivity contribution in [3.8, 4) is 0 Å². The summed E-state index contributed by atoms with van der Waals surface area (Å²) in [6.07, 6.45) is 4.69. The molecular formula is C12H24N2O2. The van der Waals surface area contributed by atoms with Crippen LogP contribution < -0.4 is 5.32 Å². The monoisotopic (exact) mass is 228 g/mol. The molecule has 0 bridgehead atoms. The first-order valence-electron chi connectivity index (χ1n) is 6.14. The molecule has 1 fully saturated rings. The number of carbonyl (C=O) groups excluding carboxylic acids is 1. The Kier molecular flexibility index (Phi) is 5.60. The highest BCUT2D eigenvalue weighted by Gasteiger charge is 2.20.